The van der Waals surface area contributed by atoms with Gasteiger partial charge in [0.2, 0.25) is 0 Å². The molecule has 0 saturated carbocycles. The topological polar surface area (TPSA) is 38.9 Å². The number of hydrogen-bond donors (Lipinski definition) is 1. The van der Waals surface area contributed by atoms with E-state index in [1.54, 1.807) is 6.20 Å². The standard InChI is InChI=1S/C11H15FN2/c1-8(2)9(5-6-12)10-4-3-7-14-11(10)13/h3-9H,1-2H3,(H2,13,14)/b6-5+/t9-/m0/s1. The van der Waals surface area contributed by atoms with Crippen LogP contribution in [0.5, 0.6) is 0 Å². The van der Waals surface area contributed by atoms with Crippen LogP contribution >= 0.6 is 0 Å². The van der Waals surface area contributed by atoms with E-state index in [1.807, 2.05) is 26.0 Å². The van der Waals surface area contributed by atoms with Crippen LogP contribution in [0.1, 0.15) is 25.3 Å². The smallest absolute Gasteiger partial charge is 0.127 e. The number of anilines is 1. The number of aromatic nitrogens is 1. The fraction of sp³-hybridized carbons (Fsp3) is 0.364. The molecule has 0 aliphatic heterocycles. The van der Waals surface area contributed by atoms with Gasteiger partial charge >= 0.3 is 0 Å². The van der Waals surface area contributed by atoms with Crippen molar-refractivity contribution in [1.82, 2.24) is 4.98 Å². The monoisotopic (exact) mass is 194 g/mol. The van der Waals surface area contributed by atoms with Crippen molar-refractivity contribution in [2.75, 3.05) is 5.73 Å². The number of nitrogen functional groups attached to an aromatic ring is 1. The van der Waals surface area contributed by atoms with Gasteiger partial charge in [0.1, 0.15) is 5.82 Å². The van der Waals surface area contributed by atoms with E-state index in [4.69, 9.17) is 5.73 Å². The second-order valence-corrected chi connectivity index (χ2v) is 3.57. The van der Waals surface area contributed by atoms with Crippen LogP contribution < -0.4 is 5.73 Å². The fourth-order valence-corrected chi connectivity index (χ4v) is 1.48. The highest BCUT2D eigenvalue weighted by Gasteiger charge is 2.15. The molecule has 0 unspecified atom stereocenters. The van der Waals surface area contributed by atoms with Crippen LogP contribution in [0.4, 0.5) is 10.2 Å². The van der Waals surface area contributed by atoms with Crippen LogP contribution in [0.3, 0.4) is 0 Å². The summed E-state index contributed by atoms with van der Waals surface area (Å²) in [5, 5.41) is 0. The third-order valence-electron chi connectivity index (χ3n) is 2.23. The predicted octanol–water partition coefficient (Wildman–Crippen LogP) is 2.89. The maximum absolute atomic E-state index is 12.2. The maximum atomic E-state index is 12.2. The first-order chi connectivity index (χ1) is 6.66. The summed E-state index contributed by atoms with van der Waals surface area (Å²) >= 11 is 0. The largest absolute Gasteiger partial charge is 0.383 e. The van der Waals surface area contributed by atoms with Crippen LogP contribution in [0.2, 0.25) is 0 Å². The Hall–Kier alpha value is -1.38. The number of halogens is 1. The van der Waals surface area contributed by atoms with E-state index >= 15 is 0 Å². The highest BCUT2D eigenvalue weighted by atomic mass is 19.1. The molecule has 2 N–H and O–H groups in total. The third kappa shape index (κ3) is 2.31. The molecule has 0 saturated heterocycles. The van der Waals surface area contributed by atoms with E-state index < -0.39 is 0 Å². The molecule has 0 aliphatic carbocycles. The van der Waals surface area contributed by atoms with Gasteiger partial charge in [-0.2, -0.15) is 0 Å². The Morgan fingerprint density at radius 1 is 1.50 bits per heavy atom. The summed E-state index contributed by atoms with van der Waals surface area (Å²) in [5.74, 6) is 0.770. The van der Waals surface area contributed by atoms with Crippen molar-refractivity contribution in [1.29, 1.82) is 0 Å². The van der Waals surface area contributed by atoms with E-state index in [1.165, 1.54) is 6.08 Å². The summed E-state index contributed by atoms with van der Waals surface area (Å²) in [4.78, 5) is 3.99. The molecule has 1 aromatic heterocycles. The van der Waals surface area contributed by atoms with Gasteiger partial charge in [0.25, 0.3) is 0 Å². The minimum Gasteiger partial charge on any atom is -0.383 e. The average molecular weight is 194 g/mol. The van der Waals surface area contributed by atoms with E-state index in [-0.39, 0.29) is 5.92 Å². The molecular formula is C11H15FN2. The minimum absolute atomic E-state index is 0.00583. The van der Waals surface area contributed by atoms with Gasteiger partial charge in [0.05, 0.1) is 6.33 Å². The Balaban J connectivity index is 3.05. The van der Waals surface area contributed by atoms with Crippen molar-refractivity contribution < 1.29 is 4.39 Å². The molecule has 76 valence electrons. The Labute approximate surface area is 83.7 Å². The van der Waals surface area contributed by atoms with Crippen LogP contribution in [0, 0.1) is 5.92 Å². The lowest BCUT2D eigenvalue weighted by Crippen LogP contribution is -2.07. The summed E-state index contributed by atoms with van der Waals surface area (Å²) in [7, 11) is 0. The summed E-state index contributed by atoms with van der Waals surface area (Å²) in [6.07, 6.45) is 3.71. The zero-order chi connectivity index (χ0) is 10.6. The van der Waals surface area contributed by atoms with E-state index in [2.05, 4.69) is 4.98 Å². The SMILES string of the molecule is CC(C)[C@H](/C=C/F)c1cccnc1N. The second-order valence-electron chi connectivity index (χ2n) is 3.57. The van der Waals surface area contributed by atoms with Crippen LogP contribution in [0.25, 0.3) is 0 Å². The Morgan fingerprint density at radius 3 is 2.71 bits per heavy atom. The van der Waals surface area contributed by atoms with Crippen molar-refractivity contribution in [3.8, 4) is 0 Å². The molecule has 1 heterocycles. The molecule has 0 radical (unpaired) electrons. The molecule has 0 amide bonds. The molecule has 2 nitrogen and oxygen atoms in total. The number of nitrogens with two attached hydrogens (primary N) is 1. The van der Waals surface area contributed by atoms with E-state index in [0.717, 1.165) is 5.56 Å². The first kappa shape index (κ1) is 10.7. The van der Waals surface area contributed by atoms with Crippen LogP contribution in [-0.2, 0) is 0 Å². The fourth-order valence-electron chi connectivity index (χ4n) is 1.48. The maximum Gasteiger partial charge on any atom is 0.127 e. The van der Waals surface area contributed by atoms with Crippen LogP contribution in [0.15, 0.2) is 30.7 Å². The van der Waals surface area contributed by atoms with Crippen molar-refractivity contribution in [3.63, 3.8) is 0 Å². The van der Waals surface area contributed by atoms with Crippen molar-refractivity contribution in [2.45, 2.75) is 19.8 Å². The Morgan fingerprint density at radius 2 is 2.21 bits per heavy atom. The average Bonchev–Trinajstić information content (AvgIpc) is 2.15. The van der Waals surface area contributed by atoms with Crippen LogP contribution in [-0.4, -0.2) is 4.98 Å². The number of rotatable bonds is 3. The minimum atomic E-state index is -0.00583. The molecule has 1 aromatic rings. The number of nitrogens with zero attached hydrogens (tertiary/aromatic N) is 1. The van der Waals surface area contributed by atoms with E-state index in [0.29, 0.717) is 18.1 Å². The van der Waals surface area contributed by atoms with E-state index in [9.17, 15) is 4.39 Å². The summed E-state index contributed by atoms with van der Waals surface area (Å²) in [5.41, 5.74) is 6.61. The van der Waals surface area contributed by atoms with Gasteiger partial charge in [-0.15, -0.1) is 0 Å². The quantitative estimate of drug-likeness (QED) is 0.803. The normalized spacial score (nSPS) is 13.7. The molecule has 14 heavy (non-hydrogen) atoms. The lowest BCUT2D eigenvalue weighted by atomic mass is 9.89. The van der Waals surface area contributed by atoms with Gasteiger partial charge < -0.3 is 5.73 Å². The number of pyridine rings is 1. The second kappa shape index (κ2) is 4.74. The molecule has 0 aliphatic rings. The van der Waals surface area contributed by atoms with Gasteiger partial charge in [-0.3, -0.25) is 0 Å². The molecule has 0 fully saturated rings. The molecule has 1 atom stereocenters. The first-order valence-corrected chi connectivity index (χ1v) is 4.64. The molecule has 1 rings (SSSR count). The lowest BCUT2D eigenvalue weighted by molar-refractivity contribution is 0.567. The number of hydrogen-bond acceptors (Lipinski definition) is 2. The summed E-state index contributed by atoms with van der Waals surface area (Å²) in [6, 6.07) is 3.69. The molecular weight excluding hydrogens is 179 g/mol. The predicted molar refractivity (Wildman–Crippen MR) is 56.5 cm³/mol. The number of allylic oxidation sites excluding steroid dienone is 1. The van der Waals surface area contributed by atoms with Crippen molar-refractivity contribution in [3.05, 3.63) is 36.3 Å². The zero-order valence-corrected chi connectivity index (χ0v) is 8.44. The highest BCUT2D eigenvalue weighted by Crippen LogP contribution is 2.28. The highest BCUT2D eigenvalue weighted by molar-refractivity contribution is 5.43. The van der Waals surface area contributed by atoms with Gasteiger partial charge in [0.15, 0.2) is 0 Å². The van der Waals surface area contributed by atoms with Gasteiger partial charge in [0, 0.05) is 17.7 Å². The van der Waals surface area contributed by atoms with Crippen molar-refractivity contribution in [2.24, 2.45) is 5.92 Å². The van der Waals surface area contributed by atoms with Crippen molar-refractivity contribution >= 4 is 5.82 Å². The van der Waals surface area contributed by atoms with Gasteiger partial charge in [-0.25, -0.2) is 9.37 Å². The van der Waals surface area contributed by atoms with Gasteiger partial charge in [-0.1, -0.05) is 19.9 Å². The van der Waals surface area contributed by atoms with Gasteiger partial charge in [-0.05, 0) is 18.1 Å². The Kier molecular flexibility index (Phi) is 3.63. The Bertz CT molecular complexity index is 321. The molecule has 0 spiro atoms. The zero-order valence-electron chi connectivity index (χ0n) is 8.44. The molecule has 0 bridgehead atoms. The summed E-state index contributed by atoms with van der Waals surface area (Å²) < 4.78 is 12.2. The summed E-state index contributed by atoms with van der Waals surface area (Å²) in [6.45, 7) is 4.05. The molecule has 0 aromatic carbocycles. The molecule has 3 heteroatoms. The lowest BCUT2D eigenvalue weighted by Gasteiger charge is -2.17. The third-order valence-corrected chi connectivity index (χ3v) is 2.23. The first-order valence-electron chi connectivity index (χ1n) is 4.64.